The zero-order valence-electron chi connectivity index (χ0n) is 10.5. The summed E-state index contributed by atoms with van der Waals surface area (Å²) in [5.74, 6) is -0.144. The second-order valence-corrected chi connectivity index (χ2v) is 4.71. The molecule has 100 valence electrons. The number of amides is 1. The molecule has 0 saturated carbocycles. The fraction of sp³-hybridized carbons (Fsp3) is 0.417. The van der Waals surface area contributed by atoms with Gasteiger partial charge in [-0.1, -0.05) is 37.0 Å². The molecule has 0 aromatic heterocycles. The molecular formula is C12H17Cl2N3O. The van der Waals surface area contributed by atoms with Crippen LogP contribution in [0.15, 0.2) is 12.1 Å². The van der Waals surface area contributed by atoms with Gasteiger partial charge >= 0.3 is 0 Å². The summed E-state index contributed by atoms with van der Waals surface area (Å²) in [7, 11) is 0. The lowest BCUT2D eigenvalue weighted by molar-refractivity contribution is -0.117. The van der Waals surface area contributed by atoms with Gasteiger partial charge in [-0.3, -0.25) is 9.69 Å². The van der Waals surface area contributed by atoms with Gasteiger partial charge in [0, 0.05) is 5.02 Å². The highest BCUT2D eigenvalue weighted by atomic mass is 35.5. The molecule has 0 radical (unpaired) electrons. The number of carbonyl (C=O) groups is 1. The van der Waals surface area contributed by atoms with Crippen LogP contribution in [0, 0.1) is 0 Å². The minimum Gasteiger partial charge on any atom is -0.397 e. The average Bonchev–Trinajstić information content (AvgIpc) is 2.30. The van der Waals surface area contributed by atoms with Gasteiger partial charge in [-0.2, -0.15) is 0 Å². The number of rotatable bonds is 5. The van der Waals surface area contributed by atoms with Gasteiger partial charge in [0.1, 0.15) is 0 Å². The van der Waals surface area contributed by atoms with Crippen molar-refractivity contribution in [2.75, 3.05) is 30.7 Å². The second kappa shape index (κ2) is 6.83. The molecule has 0 heterocycles. The van der Waals surface area contributed by atoms with Crippen molar-refractivity contribution in [1.82, 2.24) is 4.90 Å². The van der Waals surface area contributed by atoms with E-state index < -0.39 is 0 Å². The van der Waals surface area contributed by atoms with Crippen LogP contribution in [-0.2, 0) is 4.79 Å². The van der Waals surface area contributed by atoms with Crippen LogP contribution < -0.4 is 11.1 Å². The van der Waals surface area contributed by atoms with Crippen molar-refractivity contribution in [2.45, 2.75) is 13.8 Å². The van der Waals surface area contributed by atoms with E-state index in [-0.39, 0.29) is 5.91 Å². The molecule has 3 N–H and O–H groups in total. The van der Waals surface area contributed by atoms with Crippen molar-refractivity contribution in [3.05, 3.63) is 22.2 Å². The normalized spacial score (nSPS) is 10.7. The van der Waals surface area contributed by atoms with Gasteiger partial charge in [0.05, 0.1) is 22.9 Å². The quantitative estimate of drug-likeness (QED) is 0.820. The third-order valence-corrected chi connectivity index (χ3v) is 3.13. The van der Waals surface area contributed by atoms with Crippen LogP contribution in [0.2, 0.25) is 10.0 Å². The largest absolute Gasteiger partial charge is 0.397 e. The average molecular weight is 290 g/mol. The van der Waals surface area contributed by atoms with Gasteiger partial charge in [0.25, 0.3) is 0 Å². The Balaban J connectivity index is 2.76. The van der Waals surface area contributed by atoms with Crippen LogP contribution in [0.3, 0.4) is 0 Å². The lowest BCUT2D eigenvalue weighted by atomic mass is 10.2. The van der Waals surface area contributed by atoms with Gasteiger partial charge in [-0.15, -0.1) is 0 Å². The first kappa shape index (κ1) is 15.1. The van der Waals surface area contributed by atoms with E-state index in [0.29, 0.717) is 28.0 Å². The molecule has 4 nitrogen and oxygen atoms in total. The number of anilines is 2. The number of carbonyl (C=O) groups excluding carboxylic acids is 1. The highest BCUT2D eigenvalue weighted by Crippen LogP contribution is 2.31. The third kappa shape index (κ3) is 4.05. The molecule has 0 fully saturated rings. The predicted octanol–water partition coefficient (Wildman–Crippen LogP) is 2.86. The second-order valence-electron chi connectivity index (χ2n) is 3.86. The van der Waals surface area contributed by atoms with Crippen molar-refractivity contribution < 1.29 is 4.79 Å². The molecule has 0 atom stereocenters. The Morgan fingerprint density at radius 2 is 1.94 bits per heavy atom. The molecule has 0 aliphatic carbocycles. The molecule has 1 amide bonds. The monoisotopic (exact) mass is 289 g/mol. The van der Waals surface area contributed by atoms with Crippen LogP contribution in [0.5, 0.6) is 0 Å². The molecule has 0 aliphatic rings. The van der Waals surface area contributed by atoms with E-state index >= 15 is 0 Å². The number of hydrogen-bond donors (Lipinski definition) is 2. The summed E-state index contributed by atoms with van der Waals surface area (Å²) in [6.45, 7) is 5.94. The smallest absolute Gasteiger partial charge is 0.238 e. The number of nitrogen functional groups attached to an aromatic ring is 1. The summed E-state index contributed by atoms with van der Waals surface area (Å²) in [4.78, 5) is 13.8. The highest BCUT2D eigenvalue weighted by molar-refractivity contribution is 6.37. The van der Waals surface area contributed by atoms with Crippen LogP contribution in [-0.4, -0.2) is 30.4 Å². The Kier molecular flexibility index (Phi) is 5.72. The van der Waals surface area contributed by atoms with Gasteiger partial charge in [-0.05, 0) is 25.2 Å². The SMILES string of the molecule is CCN(CC)CC(=O)Nc1c(N)cc(Cl)cc1Cl. The van der Waals surface area contributed by atoms with Crippen LogP contribution in [0.4, 0.5) is 11.4 Å². The van der Waals surface area contributed by atoms with Crippen molar-refractivity contribution in [3.8, 4) is 0 Å². The zero-order valence-corrected chi connectivity index (χ0v) is 12.0. The number of nitrogens with zero attached hydrogens (tertiary/aromatic N) is 1. The lowest BCUT2D eigenvalue weighted by Gasteiger charge is -2.18. The fourth-order valence-corrected chi connectivity index (χ4v) is 2.11. The molecule has 1 aromatic rings. The van der Waals surface area contributed by atoms with Gasteiger partial charge in [0.15, 0.2) is 0 Å². The first-order valence-electron chi connectivity index (χ1n) is 5.74. The van der Waals surface area contributed by atoms with E-state index in [1.54, 1.807) is 12.1 Å². The van der Waals surface area contributed by atoms with Crippen LogP contribution >= 0.6 is 23.2 Å². The molecule has 1 rings (SSSR count). The topological polar surface area (TPSA) is 58.4 Å². The van der Waals surface area contributed by atoms with Gasteiger partial charge in [0.2, 0.25) is 5.91 Å². The molecular weight excluding hydrogens is 273 g/mol. The first-order chi connectivity index (χ1) is 8.47. The fourth-order valence-electron chi connectivity index (χ4n) is 1.55. The summed E-state index contributed by atoms with van der Waals surface area (Å²) >= 11 is 11.8. The van der Waals surface area contributed by atoms with E-state index in [1.165, 1.54) is 0 Å². The predicted molar refractivity (Wildman–Crippen MR) is 77.3 cm³/mol. The summed E-state index contributed by atoms with van der Waals surface area (Å²) in [6, 6.07) is 3.10. The number of nitrogens with one attached hydrogen (secondary N) is 1. The van der Waals surface area contributed by atoms with E-state index in [0.717, 1.165) is 13.1 Å². The molecule has 0 spiro atoms. The maximum Gasteiger partial charge on any atom is 0.238 e. The molecule has 18 heavy (non-hydrogen) atoms. The van der Waals surface area contributed by atoms with E-state index in [9.17, 15) is 4.79 Å². The summed E-state index contributed by atoms with van der Waals surface area (Å²) < 4.78 is 0. The summed E-state index contributed by atoms with van der Waals surface area (Å²) in [6.07, 6.45) is 0. The molecule has 6 heteroatoms. The highest BCUT2D eigenvalue weighted by Gasteiger charge is 2.12. The Labute approximate surface area is 117 Å². The van der Waals surface area contributed by atoms with Crippen LogP contribution in [0.1, 0.15) is 13.8 Å². The molecule has 0 aliphatic heterocycles. The van der Waals surface area contributed by atoms with Gasteiger partial charge < -0.3 is 11.1 Å². The van der Waals surface area contributed by atoms with Crippen molar-refractivity contribution in [3.63, 3.8) is 0 Å². The van der Waals surface area contributed by atoms with E-state index in [1.807, 2.05) is 18.7 Å². The maximum absolute atomic E-state index is 11.8. The Morgan fingerprint density at radius 3 is 2.44 bits per heavy atom. The zero-order chi connectivity index (χ0) is 13.7. The Bertz CT molecular complexity index is 410. The van der Waals surface area contributed by atoms with Crippen molar-refractivity contribution >= 4 is 40.5 Å². The number of likely N-dealkylation sites (N-methyl/N-ethyl adjacent to an activating group) is 1. The Hall–Kier alpha value is -0.970. The van der Waals surface area contributed by atoms with Crippen molar-refractivity contribution in [2.24, 2.45) is 0 Å². The minimum absolute atomic E-state index is 0.144. The standard InChI is InChI=1S/C12H17Cl2N3O/c1-3-17(4-2)7-11(18)16-12-9(14)5-8(13)6-10(12)15/h5-6H,3-4,7,15H2,1-2H3,(H,16,18). The Morgan fingerprint density at radius 1 is 1.33 bits per heavy atom. The molecule has 0 unspecified atom stereocenters. The molecule has 1 aromatic carbocycles. The minimum atomic E-state index is -0.144. The lowest BCUT2D eigenvalue weighted by Crippen LogP contribution is -2.33. The number of hydrogen-bond acceptors (Lipinski definition) is 3. The molecule has 0 saturated heterocycles. The number of nitrogens with two attached hydrogens (primary N) is 1. The maximum atomic E-state index is 11.8. The van der Waals surface area contributed by atoms with Crippen LogP contribution in [0.25, 0.3) is 0 Å². The first-order valence-corrected chi connectivity index (χ1v) is 6.50. The van der Waals surface area contributed by atoms with E-state index in [4.69, 9.17) is 28.9 Å². The summed E-state index contributed by atoms with van der Waals surface area (Å²) in [5, 5.41) is 3.49. The third-order valence-electron chi connectivity index (χ3n) is 2.61. The number of benzene rings is 1. The summed E-state index contributed by atoms with van der Waals surface area (Å²) in [5.41, 5.74) is 6.55. The van der Waals surface area contributed by atoms with Gasteiger partial charge in [-0.25, -0.2) is 0 Å². The van der Waals surface area contributed by atoms with Crippen molar-refractivity contribution in [1.29, 1.82) is 0 Å². The number of halogens is 2. The van der Waals surface area contributed by atoms with E-state index in [2.05, 4.69) is 5.32 Å². The molecule has 0 bridgehead atoms.